The Hall–Kier alpha value is -1.38. The van der Waals surface area contributed by atoms with E-state index in [1.54, 1.807) is 14.1 Å². The van der Waals surface area contributed by atoms with Crippen LogP contribution in [-0.4, -0.2) is 50.5 Å². The monoisotopic (exact) mass is 462 g/mol. The number of benzene rings is 1. The minimum Gasteiger partial charge on any atom is -0.357 e. The summed E-state index contributed by atoms with van der Waals surface area (Å²) in [4.78, 5) is 17.6. The lowest BCUT2D eigenvalue weighted by Gasteiger charge is -2.43. The zero-order chi connectivity index (χ0) is 17.6. The van der Waals surface area contributed by atoms with Gasteiger partial charge in [0, 0.05) is 32.6 Å². The molecule has 0 spiro atoms. The van der Waals surface area contributed by atoms with Gasteiger partial charge < -0.3 is 15.5 Å². The summed E-state index contributed by atoms with van der Waals surface area (Å²) >= 11 is 0. The number of nitrogens with zero attached hydrogens (tertiary/aromatic N) is 2. The first-order valence-corrected chi connectivity index (χ1v) is 8.45. The minimum absolute atomic E-state index is 0. The Morgan fingerprint density at radius 2 is 1.88 bits per heavy atom. The van der Waals surface area contributed by atoms with Crippen molar-refractivity contribution in [2.45, 2.75) is 31.6 Å². The van der Waals surface area contributed by atoms with Crippen molar-refractivity contribution in [2.24, 2.45) is 4.99 Å². The second kappa shape index (κ2) is 9.94. The van der Waals surface area contributed by atoms with Gasteiger partial charge in [-0.1, -0.05) is 18.6 Å². The summed E-state index contributed by atoms with van der Waals surface area (Å²) < 4.78 is 13.2. The van der Waals surface area contributed by atoms with Crippen LogP contribution in [0.5, 0.6) is 0 Å². The number of hydrogen-bond donors (Lipinski definition) is 2. The number of nitrogens with one attached hydrogen (secondary N) is 2. The molecule has 0 atom stereocenters. The number of likely N-dealkylation sites (N-methyl/N-ethyl adjacent to an activating group) is 1. The SMILES string of the molecule is CCNC(=NCC(=O)N(C)C)NCC1(c2ccc(F)cc2)CCC1.I. The van der Waals surface area contributed by atoms with Crippen LogP contribution in [0.1, 0.15) is 31.7 Å². The van der Waals surface area contributed by atoms with E-state index in [0.717, 1.165) is 31.5 Å². The Kier molecular flexibility index (Phi) is 8.61. The highest BCUT2D eigenvalue weighted by atomic mass is 127. The van der Waals surface area contributed by atoms with Crippen LogP contribution in [0.2, 0.25) is 0 Å². The van der Waals surface area contributed by atoms with Crippen LogP contribution in [0, 0.1) is 5.82 Å². The lowest BCUT2D eigenvalue weighted by molar-refractivity contribution is -0.127. The highest BCUT2D eigenvalue weighted by molar-refractivity contribution is 14.0. The molecule has 2 N–H and O–H groups in total. The van der Waals surface area contributed by atoms with Gasteiger partial charge in [0.1, 0.15) is 12.4 Å². The lowest BCUT2D eigenvalue weighted by atomic mass is 9.64. The van der Waals surface area contributed by atoms with Crippen LogP contribution in [0.3, 0.4) is 0 Å². The number of amides is 1. The smallest absolute Gasteiger partial charge is 0.243 e. The maximum atomic E-state index is 13.2. The summed E-state index contributed by atoms with van der Waals surface area (Å²) in [5, 5.41) is 6.51. The first-order chi connectivity index (χ1) is 11.5. The Labute approximate surface area is 166 Å². The molecule has 1 aliphatic rings. The van der Waals surface area contributed by atoms with Crippen molar-refractivity contribution in [3.63, 3.8) is 0 Å². The zero-order valence-electron chi connectivity index (χ0n) is 15.1. The highest BCUT2D eigenvalue weighted by Crippen LogP contribution is 2.43. The highest BCUT2D eigenvalue weighted by Gasteiger charge is 2.38. The summed E-state index contributed by atoms with van der Waals surface area (Å²) in [5.74, 6) is 0.392. The number of hydrogen-bond acceptors (Lipinski definition) is 2. The van der Waals surface area contributed by atoms with Crippen molar-refractivity contribution in [1.29, 1.82) is 0 Å². The molecule has 1 amide bonds. The number of rotatable bonds is 6. The number of carbonyl (C=O) groups excluding carboxylic acids is 1. The van der Waals surface area contributed by atoms with Gasteiger partial charge in [-0.05, 0) is 37.5 Å². The third kappa shape index (κ3) is 5.83. The molecule has 140 valence electrons. The molecule has 0 unspecified atom stereocenters. The summed E-state index contributed by atoms with van der Waals surface area (Å²) in [6.45, 7) is 3.56. The van der Waals surface area contributed by atoms with Crippen LogP contribution >= 0.6 is 24.0 Å². The second-order valence-electron chi connectivity index (χ2n) is 6.48. The first-order valence-electron chi connectivity index (χ1n) is 8.45. The maximum Gasteiger partial charge on any atom is 0.243 e. The third-order valence-corrected chi connectivity index (χ3v) is 4.58. The molecule has 1 aromatic carbocycles. The van der Waals surface area contributed by atoms with Crippen molar-refractivity contribution in [1.82, 2.24) is 15.5 Å². The van der Waals surface area contributed by atoms with Crippen LogP contribution in [0.4, 0.5) is 4.39 Å². The van der Waals surface area contributed by atoms with Gasteiger partial charge in [-0.15, -0.1) is 24.0 Å². The van der Waals surface area contributed by atoms with Crippen LogP contribution in [0.15, 0.2) is 29.3 Å². The van der Waals surface area contributed by atoms with E-state index < -0.39 is 0 Å². The predicted molar refractivity (Wildman–Crippen MR) is 110 cm³/mol. The van der Waals surface area contributed by atoms with Crippen LogP contribution < -0.4 is 10.6 Å². The molecule has 0 aromatic heterocycles. The van der Waals surface area contributed by atoms with Gasteiger partial charge in [0.15, 0.2) is 5.96 Å². The van der Waals surface area contributed by atoms with Gasteiger partial charge in [-0.3, -0.25) is 4.79 Å². The Balaban J connectivity index is 0.00000312. The molecule has 0 heterocycles. The summed E-state index contributed by atoms with van der Waals surface area (Å²) in [5.41, 5.74) is 1.18. The van der Waals surface area contributed by atoms with Crippen molar-refractivity contribution in [3.8, 4) is 0 Å². The fourth-order valence-electron chi connectivity index (χ4n) is 2.86. The molecule has 2 rings (SSSR count). The number of halogens is 2. The average Bonchev–Trinajstić information content (AvgIpc) is 2.52. The number of carbonyl (C=O) groups is 1. The summed E-state index contributed by atoms with van der Waals surface area (Å²) in [6.07, 6.45) is 3.31. The van der Waals surface area contributed by atoms with Crippen LogP contribution in [-0.2, 0) is 10.2 Å². The van der Waals surface area contributed by atoms with Gasteiger partial charge >= 0.3 is 0 Å². The molecule has 0 aliphatic heterocycles. The Morgan fingerprint density at radius 1 is 1.24 bits per heavy atom. The largest absolute Gasteiger partial charge is 0.357 e. The van der Waals surface area contributed by atoms with E-state index in [4.69, 9.17) is 0 Å². The first kappa shape index (κ1) is 21.7. The van der Waals surface area contributed by atoms with Gasteiger partial charge in [0.2, 0.25) is 5.91 Å². The Morgan fingerprint density at radius 3 is 2.36 bits per heavy atom. The molecular formula is C18H28FIN4O. The topological polar surface area (TPSA) is 56.7 Å². The second-order valence-corrected chi connectivity index (χ2v) is 6.48. The van der Waals surface area contributed by atoms with Crippen LogP contribution in [0.25, 0.3) is 0 Å². The van der Waals surface area contributed by atoms with Crippen molar-refractivity contribution in [3.05, 3.63) is 35.6 Å². The average molecular weight is 462 g/mol. The van der Waals surface area contributed by atoms with Gasteiger partial charge in [0.25, 0.3) is 0 Å². The lowest BCUT2D eigenvalue weighted by Crippen LogP contribution is -2.49. The van der Waals surface area contributed by atoms with Crippen molar-refractivity contribution in [2.75, 3.05) is 33.7 Å². The van der Waals surface area contributed by atoms with E-state index in [1.807, 2.05) is 19.1 Å². The molecule has 1 saturated carbocycles. The quantitative estimate of drug-likeness (QED) is 0.388. The Bertz CT molecular complexity index is 585. The molecule has 0 bridgehead atoms. The van der Waals surface area contributed by atoms with E-state index in [2.05, 4.69) is 15.6 Å². The fourth-order valence-corrected chi connectivity index (χ4v) is 2.86. The predicted octanol–water partition coefficient (Wildman–Crippen LogP) is 2.51. The van der Waals surface area contributed by atoms with Gasteiger partial charge in [0.05, 0.1) is 0 Å². The molecular weight excluding hydrogens is 434 g/mol. The van der Waals surface area contributed by atoms with E-state index in [1.165, 1.54) is 23.5 Å². The fraction of sp³-hybridized carbons (Fsp3) is 0.556. The summed E-state index contributed by atoms with van der Waals surface area (Å²) in [7, 11) is 3.44. The van der Waals surface area contributed by atoms with Gasteiger partial charge in [-0.2, -0.15) is 0 Å². The molecule has 1 aromatic rings. The molecule has 1 aliphatic carbocycles. The van der Waals surface area contributed by atoms with Crippen molar-refractivity contribution >= 4 is 35.8 Å². The zero-order valence-corrected chi connectivity index (χ0v) is 17.5. The normalized spacial score (nSPS) is 15.6. The molecule has 0 saturated heterocycles. The number of aliphatic imine (C=N–C) groups is 1. The minimum atomic E-state index is -0.210. The standard InChI is InChI=1S/C18H27FN4O.HI/c1-4-20-17(21-12-16(24)23(2)3)22-13-18(10-5-11-18)14-6-8-15(19)9-7-14;/h6-9H,4-5,10-13H2,1-3H3,(H2,20,21,22);1H. The molecule has 7 heteroatoms. The van der Waals surface area contributed by atoms with Crippen molar-refractivity contribution < 1.29 is 9.18 Å². The van der Waals surface area contributed by atoms with E-state index >= 15 is 0 Å². The van der Waals surface area contributed by atoms with E-state index in [0.29, 0.717) is 5.96 Å². The van der Waals surface area contributed by atoms with E-state index in [-0.39, 0.29) is 47.7 Å². The molecule has 25 heavy (non-hydrogen) atoms. The molecule has 1 fully saturated rings. The van der Waals surface area contributed by atoms with E-state index in [9.17, 15) is 9.18 Å². The number of guanidine groups is 1. The maximum absolute atomic E-state index is 13.2. The molecule has 5 nitrogen and oxygen atoms in total. The third-order valence-electron chi connectivity index (χ3n) is 4.58. The molecule has 0 radical (unpaired) electrons. The van der Waals surface area contributed by atoms with Gasteiger partial charge in [-0.25, -0.2) is 9.38 Å². The summed E-state index contributed by atoms with van der Waals surface area (Å²) in [6, 6.07) is 6.78.